The second kappa shape index (κ2) is 17.3. The zero-order chi connectivity index (χ0) is 30.4. The fourth-order valence-corrected chi connectivity index (χ4v) is 5.12. The third kappa shape index (κ3) is 13.7. The fourth-order valence-electron chi connectivity index (χ4n) is 4.93. The summed E-state index contributed by atoms with van der Waals surface area (Å²) in [5.74, 6) is 0.519. The van der Waals surface area contributed by atoms with Crippen LogP contribution < -0.4 is 10.6 Å². The van der Waals surface area contributed by atoms with E-state index in [1.165, 1.54) is 26.4 Å². The zero-order valence-electron chi connectivity index (χ0n) is 25.5. The number of carbonyl (C=O) groups is 3. The summed E-state index contributed by atoms with van der Waals surface area (Å²) in [6.07, 6.45) is 6.01. The highest BCUT2D eigenvalue weighted by Gasteiger charge is 2.27. The van der Waals surface area contributed by atoms with Crippen molar-refractivity contribution in [2.24, 2.45) is 5.92 Å². The molecule has 1 aromatic rings. The molecule has 0 heterocycles. The number of halogens is 1. The van der Waals surface area contributed by atoms with Gasteiger partial charge >= 0.3 is 18.2 Å². The Balaban J connectivity index is 2.01. The molecule has 1 saturated carbocycles. The highest BCUT2D eigenvalue weighted by atomic mass is 35.5. The number of rotatable bonds is 13. The lowest BCUT2D eigenvalue weighted by atomic mass is 9.84. The molecule has 0 radical (unpaired) electrons. The van der Waals surface area contributed by atoms with Gasteiger partial charge in [0.2, 0.25) is 0 Å². The van der Waals surface area contributed by atoms with Gasteiger partial charge in [-0.25, -0.2) is 14.4 Å². The predicted molar refractivity (Wildman–Crippen MR) is 160 cm³/mol. The largest absolute Gasteiger partial charge is 0.453 e. The number of likely N-dealkylation sites (N-methyl/N-ethyl adjacent to an activating group) is 1. The number of alkyl carbamates (subject to hydrolysis) is 1. The van der Waals surface area contributed by atoms with Crippen LogP contribution in [0.5, 0.6) is 0 Å². The molecule has 41 heavy (non-hydrogen) atoms. The molecule has 1 unspecified atom stereocenters. The van der Waals surface area contributed by atoms with Crippen LogP contribution >= 0.6 is 11.6 Å². The summed E-state index contributed by atoms with van der Waals surface area (Å²) in [6, 6.07) is 7.01. The summed E-state index contributed by atoms with van der Waals surface area (Å²) in [6.45, 7) is 6.86. The van der Waals surface area contributed by atoms with Crippen LogP contribution in [0.3, 0.4) is 0 Å². The highest BCUT2D eigenvalue weighted by Crippen LogP contribution is 2.28. The lowest BCUT2D eigenvalue weighted by molar-refractivity contribution is 0.0276. The van der Waals surface area contributed by atoms with Gasteiger partial charge in [-0.1, -0.05) is 55.8 Å². The van der Waals surface area contributed by atoms with Crippen molar-refractivity contribution in [3.8, 4) is 0 Å². The van der Waals surface area contributed by atoms with E-state index in [9.17, 15) is 14.4 Å². The van der Waals surface area contributed by atoms with E-state index in [1.807, 2.05) is 39.0 Å². The molecule has 1 aliphatic rings. The molecule has 1 aliphatic carbocycles. The summed E-state index contributed by atoms with van der Waals surface area (Å²) in [5.41, 5.74) is 0.295. The monoisotopic (exact) mass is 596 g/mol. The summed E-state index contributed by atoms with van der Waals surface area (Å²) >= 11 is 6.22. The van der Waals surface area contributed by atoms with E-state index >= 15 is 0 Å². The van der Waals surface area contributed by atoms with Crippen molar-refractivity contribution < 1.29 is 28.6 Å². The van der Waals surface area contributed by atoms with Gasteiger partial charge in [0.05, 0.1) is 19.8 Å². The molecule has 1 fully saturated rings. The van der Waals surface area contributed by atoms with Crippen LogP contribution in [-0.2, 0) is 14.2 Å². The van der Waals surface area contributed by atoms with E-state index in [0.717, 1.165) is 24.8 Å². The third-order valence-electron chi connectivity index (χ3n) is 7.04. The maximum atomic E-state index is 13.3. The Morgan fingerprint density at radius 3 is 2.44 bits per heavy atom. The zero-order valence-corrected chi connectivity index (χ0v) is 26.3. The number of ether oxygens (including phenoxy) is 3. The van der Waals surface area contributed by atoms with Gasteiger partial charge in [-0.05, 0) is 57.2 Å². The SMILES string of the molecule is COC(=O)NCCOC(CCN(C)C(=O)N[C@@H](CC1CCCCC1)CN(C)C(=O)OC(C)(C)C)c1cccc(Cl)c1. The Labute approximate surface area is 250 Å². The molecule has 232 valence electrons. The van der Waals surface area contributed by atoms with Gasteiger partial charge in [0.15, 0.2) is 0 Å². The van der Waals surface area contributed by atoms with Gasteiger partial charge in [0, 0.05) is 44.8 Å². The van der Waals surface area contributed by atoms with Crippen molar-refractivity contribution in [2.45, 2.75) is 83.5 Å². The molecule has 0 saturated heterocycles. The molecule has 0 spiro atoms. The minimum absolute atomic E-state index is 0.199. The first kappa shape index (κ1) is 34.5. The molecular weight excluding hydrogens is 548 g/mol. The first-order valence-electron chi connectivity index (χ1n) is 14.5. The molecule has 11 heteroatoms. The van der Waals surface area contributed by atoms with Crippen molar-refractivity contribution in [1.29, 1.82) is 0 Å². The maximum absolute atomic E-state index is 13.3. The molecule has 0 aromatic heterocycles. The number of nitrogens with zero attached hydrogens (tertiary/aromatic N) is 2. The number of benzene rings is 1. The van der Waals surface area contributed by atoms with Gasteiger partial charge < -0.3 is 34.6 Å². The van der Waals surface area contributed by atoms with Crippen LogP contribution in [0, 0.1) is 5.92 Å². The van der Waals surface area contributed by atoms with Gasteiger partial charge in [0.25, 0.3) is 0 Å². The Kier molecular flexibility index (Phi) is 14.5. The smallest absolute Gasteiger partial charge is 0.410 e. The quantitative estimate of drug-likeness (QED) is 0.271. The average molecular weight is 597 g/mol. The van der Waals surface area contributed by atoms with Crippen molar-refractivity contribution in [1.82, 2.24) is 20.4 Å². The minimum atomic E-state index is -0.593. The molecule has 10 nitrogen and oxygen atoms in total. The molecule has 0 aliphatic heterocycles. The fraction of sp³-hybridized carbons (Fsp3) is 0.700. The molecule has 4 amide bonds. The van der Waals surface area contributed by atoms with E-state index < -0.39 is 17.8 Å². The number of methoxy groups -OCH3 is 1. The van der Waals surface area contributed by atoms with Crippen LogP contribution in [0.2, 0.25) is 5.02 Å². The van der Waals surface area contributed by atoms with E-state index in [1.54, 1.807) is 30.0 Å². The number of hydrogen-bond donors (Lipinski definition) is 2. The Morgan fingerprint density at radius 1 is 1.10 bits per heavy atom. The Hall–Kier alpha value is -2.72. The average Bonchev–Trinajstić information content (AvgIpc) is 2.91. The topological polar surface area (TPSA) is 109 Å². The van der Waals surface area contributed by atoms with Gasteiger partial charge in [-0.2, -0.15) is 0 Å². The van der Waals surface area contributed by atoms with Crippen molar-refractivity contribution in [3.05, 3.63) is 34.9 Å². The van der Waals surface area contributed by atoms with Crippen molar-refractivity contribution in [2.75, 3.05) is 47.4 Å². The van der Waals surface area contributed by atoms with Crippen LogP contribution in [0.1, 0.15) is 77.4 Å². The van der Waals surface area contributed by atoms with Crippen LogP contribution in [0.4, 0.5) is 14.4 Å². The second-order valence-corrected chi connectivity index (χ2v) is 12.2. The highest BCUT2D eigenvalue weighted by molar-refractivity contribution is 6.30. The summed E-state index contributed by atoms with van der Waals surface area (Å²) in [5, 5.41) is 6.36. The Morgan fingerprint density at radius 2 is 1.80 bits per heavy atom. The summed E-state index contributed by atoms with van der Waals surface area (Å²) in [4.78, 5) is 40.5. The Bertz CT molecular complexity index is 967. The number of urea groups is 1. The van der Waals surface area contributed by atoms with Crippen LogP contribution in [0.15, 0.2) is 24.3 Å². The number of carbonyl (C=O) groups excluding carboxylic acids is 3. The molecular formula is C30H49ClN4O6. The van der Waals surface area contributed by atoms with Crippen molar-refractivity contribution >= 4 is 29.8 Å². The number of amides is 4. The summed E-state index contributed by atoms with van der Waals surface area (Å²) < 4.78 is 16.2. The number of hydrogen-bond acceptors (Lipinski definition) is 6. The summed E-state index contributed by atoms with van der Waals surface area (Å²) in [7, 11) is 4.76. The van der Waals surface area contributed by atoms with Crippen LogP contribution in [-0.4, -0.2) is 87.1 Å². The first-order chi connectivity index (χ1) is 19.4. The van der Waals surface area contributed by atoms with E-state index in [-0.39, 0.29) is 31.3 Å². The lowest BCUT2D eigenvalue weighted by Crippen LogP contribution is -2.50. The predicted octanol–water partition coefficient (Wildman–Crippen LogP) is 5.99. The molecule has 2 atom stereocenters. The second-order valence-electron chi connectivity index (χ2n) is 11.8. The molecule has 2 rings (SSSR count). The van der Waals surface area contributed by atoms with Gasteiger partial charge in [0.1, 0.15) is 5.60 Å². The molecule has 2 N–H and O–H groups in total. The van der Waals surface area contributed by atoms with E-state index in [2.05, 4.69) is 15.4 Å². The minimum Gasteiger partial charge on any atom is -0.453 e. The number of nitrogens with one attached hydrogen (secondary N) is 2. The van der Waals surface area contributed by atoms with Gasteiger partial charge in [-0.15, -0.1) is 0 Å². The third-order valence-corrected chi connectivity index (χ3v) is 7.27. The van der Waals surface area contributed by atoms with Crippen LogP contribution in [0.25, 0.3) is 0 Å². The molecule has 0 bridgehead atoms. The standard InChI is InChI=1S/C30H49ClN4O6/c1-30(2,3)41-29(38)35(5)21-25(19-22-11-8-7-9-12-22)33-27(36)34(4)17-15-26(23-13-10-14-24(31)20-23)40-18-16-32-28(37)39-6/h10,13-14,20,22,25-26H,7-9,11-12,15-19,21H2,1-6H3,(H,32,37)(H,33,36)/t25-,26?/m0/s1. The van der Waals surface area contributed by atoms with Crippen molar-refractivity contribution in [3.63, 3.8) is 0 Å². The normalized spacial score (nSPS) is 15.4. The maximum Gasteiger partial charge on any atom is 0.410 e. The van der Waals surface area contributed by atoms with E-state index in [4.69, 9.17) is 21.1 Å². The van der Waals surface area contributed by atoms with E-state index in [0.29, 0.717) is 30.5 Å². The molecule has 1 aromatic carbocycles. The first-order valence-corrected chi connectivity index (χ1v) is 14.9. The lowest BCUT2D eigenvalue weighted by Gasteiger charge is -2.32. The van der Waals surface area contributed by atoms with Gasteiger partial charge in [-0.3, -0.25) is 0 Å².